The number of ether oxygens (including phenoxy) is 2. The van der Waals surface area contributed by atoms with E-state index in [0.29, 0.717) is 24.4 Å². The molecule has 30 heavy (non-hydrogen) atoms. The van der Waals surface area contributed by atoms with Gasteiger partial charge in [-0.3, -0.25) is 9.10 Å². The highest BCUT2D eigenvalue weighted by Gasteiger charge is 2.31. The van der Waals surface area contributed by atoms with Crippen LogP contribution in [-0.4, -0.2) is 47.4 Å². The van der Waals surface area contributed by atoms with Gasteiger partial charge in [-0.05, 0) is 49.1 Å². The summed E-state index contributed by atoms with van der Waals surface area (Å²) in [6.07, 6.45) is 2.95. The second-order valence-electron chi connectivity index (χ2n) is 6.93. The Balaban J connectivity index is 2.06. The summed E-state index contributed by atoms with van der Waals surface area (Å²) in [5.41, 5.74) is 1.51. The van der Waals surface area contributed by atoms with Crippen LogP contribution < -0.4 is 19.1 Å². The molecule has 0 aromatic heterocycles. The van der Waals surface area contributed by atoms with Crippen LogP contribution in [0.5, 0.6) is 11.5 Å². The number of hydrogen-bond donors (Lipinski definition) is 1. The molecule has 0 heterocycles. The van der Waals surface area contributed by atoms with Gasteiger partial charge in [0.2, 0.25) is 15.9 Å². The molecule has 2 aromatic rings. The van der Waals surface area contributed by atoms with Crippen molar-refractivity contribution in [1.82, 2.24) is 5.32 Å². The summed E-state index contributed by atoms with van der Waals surface area (Å²) in [6.45, 7) is 2.24. The molecule has 0 spiro atoms. The summed E-state index contributed by atoms with van der Waals surface area (Å²) in [7, 11) is -0.542. The number of carbonyl (C=O) groups excluding carboxylic acids is 1. The average Bonchev–Trinajstić information content (AvgIpc) is 2.74. The van der Waals surface area contributed by atoms with Crippen molar-refractivity contribution in [3.63, 3.8) is 0 Å². The Bertz CT molecular complexity index is 946. The van der Waals surface area contributed by atoms with E-state index in [0.717, 1.165) is 34.7 Å². The molecule has 1 amide bonds. The fourth-order valence-corrected chi connectivity index (χ4v) is 4.46. The van der Waals surface area contributed by atoms with Crippen LogP contribution >= 0.6 is 0 Å². The number of aryl methyl sites for hydroxylation is 1. The van der Waals surface area contributed by atoms with Crippen LogP contribution in [0.4, 0.5) is 5.69 Å². The third kappa shape index (κ3) is 6.38. The third-order valence-electron chi connectivity index (χ3n) is 4.71. The molecule has 0 saturated heterocycles. The Labute approximate surface area is 179 Å². The Morgan fingerprint density at radius 3 is 2.30 bits per heavy atom. The van der Waals surface area contributed by atoms with Crippen LogP contribution in [0.15, 0.2) is 48.5 Å². The summed E-state index contributed by atoms with van der Waals surface area (Å²) >= 11 is 0. The lowest BCUT2D eigenvalue weighted by atomic mass is 10.1. The van der Waals surface area contributed by atoms with Gasteiger partial charge in [-0.1, -0.05) is 25.1 Å². The Morgan fingerprint density at radius 1 is 1.07 bits per heavy atom. The topological polar surface area (TPSA) is 84.9 Å². The second-order valence-corrected chi connectivity index (χ2v) is 8.79. The molecular formula is C22H30N2O5S. The van der Waals surface area contributed by atoms with Gasteiger partial charge in [0.25, 0.3) is 0 Å². The van der Waals surface area contributed by atoms with Crippen molar-refractivity contribution in [1.29, 1.82) is 0 Å². The average molecular weight is 435 g/mol. The zero-order valence-corrected chi connectivity index (χ0v) is 18.7. The largest absolute Gasteiger partial charge is 0.497 e. The highest BCUT2D eigenvalue weighted by Crippen LogP contribution is 2.26. The smallest absolute Gasteiger partial charge is 0.243 e. The molecule has 0 radical (unpaired) electrons. The number of nitrogens with zero attached hydrogens (tertiary/aromatic N) is 1. The first-order valence-electron chi connectivity index (χ1n) is 9.84. The maximum atomic E-state index is 12.8. The number of methoxy groups -OCH3 is 2. The quantitative estimate of drug-likeness (QED) is 0.550. The molecule has 0 bridgehead atoms. The van der Waals surface area contributed by atoms with E-state index in [9.17, 15) is 13.2 Å². The number of nitrogens with one attached hydrogen (secondary N) is 1. The normalized spacial score (nSPS) is 12.1. The fraction of sp³-hybridized carbons (Fsp3) is 0.409. The minimum Gasteiger partial charge on any atom is -0.497 e. The molecule has 0 aliphatic heterocycles. The molecule has 8 heteroatoms. The first-order chi connectivity index (χ1) is 14.3. The Morgan fingerprint density at radius 2 is 1.70 bits per heavy atom. The molecule has 7 nitrogen and oxygen atoms in total. The van der Waals surface area contributed by atoms with Gasteiger partial charge in [-0.2, -0.15) is 0 Å². The van der Waals surface area contributed by atoms with Gasteiger partial charge < -0.3 is 14.8 Å². The van der Waals surface area contributed by atoms with E-state index in [1.54, 1.807) is 38.3 Å². The number of amides is 1. The molecule has 0 saturated carbocycles. The lowest BCUT2D eigenvalue weighted by Gasteiger charge is -2.30. The number of anilines is 1. The highest BCUT2D eigenvalue weighted by molar-refractivity contribution is 7.92. The minimum atomic E-state index is -3.68. The first kappa shape index (κ1) is 23.5. The van der Waals surface area contributed by atoms with Crippen molar-refractivity contribution in [2.45, 2.75) is 32.2 Å². The van der Waals surface area contributed by atoms with Crippen molar-refractivity contribution in [2.75, 3.05) is 31.3 Å². The minimum absolute atomic E-state index is 0.323. The standard InChI is InChI=1S/C22H30N2O5S/c1-5-21(24(30(4,26)27)18-11-7-13-20(16-18)29-3)22(25)23-14-8-10-17-9-6-12-19(15-17)28-2/h6-7,9,11-13,15-16,21H,5,8,10,14H2,1-4H3,(H,23,25)/t21-/m1/s1. The van der Waals surface area contributed by atoms with E-state index < -0.39 is 16.1 Å². The SMILES string of the molecule is CC[C@H](C(=O)NCCCc1cccc(OC)c1)N(c1cccc(OC)c1)S(C)(=O)=O. The molecule has 0 aliphatic rings. The predicted molar refractivity (Wildman–Crippen MR) is 119 cm³/mol. The van der Waals surface area contributed by atoms with E-state index >= 15 is 0 Å². The van der Waals surface area contributed by atoms with Crippen molar-refractivity contribution in [3.05, 3.63) is 54.1 Å². The maximum Gasteiger partial charge on any atom is 0.243 e. The number of benzene rings is 2. The molecule has 0 unspecified atom stereocenters. The van der Waals surface area contributed by atoms with Gasteiger partial charge in [0, 0.05) is 12.6 Å². The Hall–Kier alpha value is -2.74. The number of sulfonamides is 1. The van der Waals surface area contributed by atoms with Gasteiger partial charge in [-0.25, -0.2) is 8.42 Å². The summed E-state index contributed by atoms with van der Waals surface area (Å²) in [5.74, 6) is 0.996. The summed E-state index contributed by atoms with van der Waals surface area (Å²) in [4.78, 5) is 12.8. The molecule has 0 aliphatic carbocycles. The van der Waals surface area contributed by atoms with Crippen molar-refractivity contribution < 1.29 is 22.7 Å². The van der Waals surface area contributed by atoms with Crippen LogP contribution in [0.25, 0.3) is 0 Å². The van der Waals surface area contributed by atoms with Crippen molar-refractivity contribution >= 4 is 21.6 Å². The van der Waals surface area contributed by atoms with Gasteiger partial charge in [-0.15, -0.1) is 0 Å². The number of hydrogen-bond acceptors (Lipinski definition) is 5. The van der Waals surface area contributed by atoms with Crippen molar-refractivity contribution in [3.8, 4) is 11.5 Å². The van der Waals surface area contributed by atoms with Gasteiger partial charge in [0.15, 0.2) is 0 Å². The van der Waals surface area contributed by atoms with Gasteiger partial charge in [0.1, 0.15) is 17.5 Å². The molecule has 164 valence electrons. The molecule has 1 N–H and O–H groups in total. The lowest BCUT2D eigenvalue weighted by molar-refractivity contribution is -0.122. The molecular weight excluding hydrogens is 404 g/mol. The fourth-order valence-electron chi connectivity index (χ4n) is 3.26. The van der Waals surface area contributed by atoms with Crippen LogP contribution in [0, 0.1) is 0 Å². The van der Waals surface area contributed by atoms with Crippen LogP contribution in [-0.2, 0) is 21.2 Å². The van der Waals surface area contributed by atoms with E-state index in [-0.39, 0.29) is 5.91 Å². The second kappa shape index (κ2) is 10.9. The van der Waals surface area contributed by atoms with E-state index in [2.05, 4.69) is 5.32 Å². The first-order valence-corrected chi connectivity index (χ1v) is 11.7. The summed E-state index contributed by atoms with van der Waals surface area (Å²) in [5, 5.41) is 2.88. The van der Waals surface area contributed by atoms with Crippen LogP contribution in [0.3, 0.4) is 0 Å². The van der Waals surface area contributed by atoms with E-state index in [4.69, 9.17) is 9.47 Å². The van der Waals surface area contributed by atoms with Crippen LogP contribution in [0.2, 0.25) is 0 Å². The van der Waals surface area contributed by atoms with Crippen LogP contribution in [0.1, 0.15) is 25.3 Å². The molecule has 2 rings (SSSR count). The lowest BCUT2D eigenvalue weighted by Crippen LogP contribution is -2.49. The summed E-state index contributed by atoms with van der Waals surface area (Å²) < 4.78 is 36.6. The third-order valence-corrected chi connectivity index (χ3v) is 5.89. The van der Waals surface area contributed by atoms with E-state index in [1.807, 2.05) is 24.3 Å². The number of carbonyl (C=O) groups is 1. The monoisotopic (exact) mass is 434 g/mol. The summed E-state index contributed by atoms with van der Waals surface area (Å²) in [6, 6.07) is 13.6. The number of rotatable bonds is 11. The zero-order chi connectivity index (χ0) is 22.1. The Kier molecular flexibility index (Phi) is 8.53. The predicted octanol–water partition coefficient (Wildman–Crippen LogP) is 3.00. The van der Waals surface area contributed by atoms with Gasteiger partial charge in [0.05, 0.1) is 26.2 Å². The zero-order valence-electron chi connectivity index (χ0n) is 17.9. The van der Waals surface area contributed by atoms with E-state index in [1.165, 1.54) is 7.11 Å². The molecule has 2 aromatic carbocycles. The van der Waals surface area contributed by atoms with Crippen molar-refractivity contribution in [2.24, 2.45) is 0 Å². The maximum absolute atomic E-state index is 12.8. The highest BCUT2D eigenvalue weighted by atomic mass is 32.2. The molecule has 1 atom stereocenters. The molecule has 0 fully saturated rings. The van der Waals surface area contributed by atoms with Gasteiger partial charge >= 0.3 is 0 Å².